The van der Waals surface area contributed by atoms with Gasteiger partial charge in [-0.2, -0.15) is 0 Å². The molecule has 0 atom stereocenters. The molecule has 0 amide bonds. The van der Waals surface area contributed by atoms with Crippen LogP contribution in [0.5, 0.6) is 0 Å². The Hall–Kier alpha value is -1.57. The van der Waals surface area contributed by atoms with Gasteiger partial charge in [-0.3, -0.25) is 0 Å². The van der Waals surface area contributed by atoms with Crippen LogP contribution in [0.4, 0.5) is 5.82 Å². The minimum absolute atomic E-state index is 0.0939. The van der Waals surface area contributed by atoms with Crippen molar-refractivity contribution in [2.75, 3.05) is 5.73 Å². The molecule has 0 fully saturated rings. The van der Waals surface area contributed by atoms with E-state index in [2.05, 4.69) is 31.8 Å². The van der Waals surface area contributed by atoms with Crippen LogP contribution in [0.3, 0.4) is 0 Å². The highest BCUT2D eigenvalue weighted by Crippen LogP contribution is 2.30. The molecule has 2 N–H and O–H groups in total. The normalized spacial score (nSPS) is 11.9. The molecule has 1 heterocycles. The van der Waals surface area contributed by atoms with Crippen LogP contribution in [0.2, 0.25) is 0 Å². The molecule has 0 bridgehead atoms. The summed E-state index contributed by atoms with van der Waals surface area (Å²) >= 11 is 0. The fraction of sp³-hybridized carbons (Fsp3) is 0.308. The zero-order chi connectivity index (χ0) is 11.1. The molecule has 2 nitrogen and oxygen atoms in total. The summed E-state index contributed by atoms with van der Waals surface area (Å²) in [5.74, 6) is 0.596. The van der Waals surface area contributed by atoms with Gasteiger partial charge in [-0.25, -0.2) is 4.98 Å². The van der Waals surface area contributed by atoms with Crippen molar-refractivity contribution in [2.24, 2.45) is 0 Å². The molecule has 0 radical (unpaired) electrons. The molecule has 1 aromatic carbocycles. The second-order valence-electron chi connectivity index (χ2n) is 4.86. The second kappa shape index (κ2) is 3.23. The second-order valence-corrected chi connectivity index (χ2v) is 4.86. The molecule has 0 saturated heterocycles. The monoisotopic (exact) mass is 200 g/mol. The van der Waals surface area contributed by atoms with E-state index in [-0.39, 0.29) is 5.41 Å². The van der Waals surface area contributed by atoms with Crippen LogP contribution < -0.4 is 5.73 Å². The van der Waals surface area contributed by atoms with Crippen LogP contribution in [-0.4, -0.2) is 4.98 Å². The number of nitrogens with two attached hydrogens (primary N) is 1. The highest BCUT2D eigenvalue weighted by atomic mass is 14.8. The number of benzene rings is 1. The number of rotatable bonds is 0. The molecule has 78 valence electrons. The maximum atomic E-state index is 5.81. The minimum Gasteiger partial charge on any atom is -0.384 e. The van der Waals surface area contributed by atoms with E-state index < -0.39 is 0 Å². The van der Waals surface area contributed by atoms with Crippen molar-refractivity contribution in [1.29, 1.82) is 0 Å². The van der Waals surface area contributed by atoms with Gasteiger partial charge in [-0.1, -0.05) is 39.0 Å². The summed E-state index contributed by atoms with van der Waals surface area (Å²) < 4.78 is 0. The number of hydrogen-bond acceptors (Lipinski definition) is 2. The largest absolute Gasteiger partial charge is 0.384 e. The van der Waals surface area contributed by atoms with E-state index in [1.807, 2.05) is 24.3 Å². The van der Waals surface area contributed by atoms with Gasteiger partial charge >= 0.3 is 0 Å². The van der Waals surface area contributed by atoms with Crippen molar-refractivity contribution in [2.45, 2.75) is 26.2 Å². The average molecular weight is 200 g/mol. The summed E-state index contributed by atoms with van der Waals surface area (Å²) in [7, 11) is 0. The summed E-state index contributed by atoms with van der Waals surface area (Å²) in [6, 6.07) is 10.1. The predicted octanol–water partition coefficient (Wildman–Crippen LogP) is 3.11. The van der Waals surface area contributed by atoms with Gasteiger partial charge in [0.15, 0.2) is 0 Å². The lowest BCUT2D eigenvalue weighted by Crippen LogP contribution is -2.12. The SMILES string of the molecule is CC(C)(C)c1cc(N)nc2ccccc12. The Labute approximate surface area is 90.1 Å². The third-order valence-electron chi connectivity index (χ3n) is 2.54. The molecule has 2 rings (SSSR count). The van der Waals surface area contributed by atoms with E-state index in [0.29, 0.717) is 5.82 Å². The molecule has 0 aliphatic carbocycles. The van der Waals surface area contributed by atoms with Gasteiger partial charge in [0.25, 0.3) is 0 Å². The Balaban J connectivity index is 2.83. The lowest BCUT2D eigenvalue weighted by molar-refractivity contribution is 0.595. The lowest BCUT2D eigenvalue weighted by Gasteiger charge is -2.21. The van der Waals surface area contributed by atoms with Crippen molar-refractivity contribution in [3.05, 3.63) is 35.9 Å². The molecule has 0 aliphatic heterocycles. The number of para-hydroxylation sites is 1. The lowest BCUT2D eigenvalue weighted by atomic mass is 9.85. The van der Waals surface area contributed by atoms with Crippen LogP contribution in [-0.2, 0) is 5.41 Å². The number of fused-ring (bicyclic) bond motifs is 1. The number of hydrogen-bond donors (Lipinski definition) is 1. The zero-order valence-electron chi connectivity index (χ0n) is 9.41. The predicted molar refractivity (Wildman–Crippen MR) is 64.9 cm³/mol. The fourth-order valence-corrected chi connectivity index (χ4v) is 1.82. The first kappa shape index (κ1) is 9.97. The molecule has 0 saturated carbocycles. The van der Waals surface area contributed by atoms with E-state index in [1.165, 1.54) is 10.9 Å². The summed E-state index contributed by atoms with van der Waals surface area (Å²) in [6.07, 6.45) is 0. The molecule has 2 heteroatoms. The molecular weight excluding hydrogens is 184 g/mol. The van der Waals surface area contributed by atoms with Crippen LogP contribution in [0.1, 0.15) is 26.3 Å². The molecule has 1 aromatic heterocycles. The van der Waals surface area contributed by atoms with Gasteiger partial charge in [-0.15, -0.1) is 0 Å². The highest BCUT2D eigenvalue weighted by molar-refractivity contribution is 5.84. The number of aromatic nitrogens is 1. The van der Waals surface area contributed by atoms with E-state index in [4.69, 9.17) is 5.73 Å². The van der Waals surface area contributed by atoms with Gasteiger partial charge < -0.3 is 5.73 Å². The maximum Gasteiger partial charge on any atom is 0.124 e. The highest BCUT2D eigenvalue weighted by Gasteiger charge is 2.17. The van der Waals surface area contributed by atoms with Crippen molar-refractivity contribution in [3.8, 4) is 0 Å². The van der Waals surface area contributed by atoms with Gasteiger partial charge in [0.2, 0.25) is 0 Å². The van der Waals surface area contributed by atoms with Crippen LogP contribution in [0.25, 0.3) is 10.9 Å². The first-order chi connectivity index (χ1) is 6.98. The van der Waals surface area contributed by atoms with Gasteiger partial charge in [-0.05, 0) is 23.1 Å². The smallest absolute Gasteiger partial charge is 0.124 e. The Morgan fingerprint density at radius 1 is 1.13 bits per heavy atom. The minimum atomic E-state index is 0.0939. The summed E-state index contributed by atoms with van der Waals surface area (Å²) in [4.78, 5) is 4.33. The number of anilines is 1. The first-order valence-corrected chi connectivity index (χ1v) is 5.14. The van der Waals surface area contributed by atoms with Gasteiger partial charge in [0.05, 0.1) is 5.52 Å². The molecule has 0 aliphatic rings. The standard InChI is InChI=1S/C13H16N2/c1-13(2,3)10-8-12(14)15-11-7-5-4-6-9(10)11/h4-8H,1-3H3,(H2,14,15). The van der Waals surface area contributed by atoms with Crippen molar-refractivity contribution >= 4 is 16.7 Å². The zero-order valence-corrected chi connectivity index (χ0v) is 9.41. The van der Waals surface area contributed by atoms with Crippen LogP contribution in [0.15, 0.2) is 30.3 Å². The summed E-state index contributed by atoms with van der Waals surface area (Å²) in [5, 5.41) is 1.19. The van der Waals surface area contributed by atoms with Crippen LogP contribution >= 0.6 is 0 Å². The quantitative estimate of drug-likeness (QED) is 0.709. The third-order valence-corrected chi connectivity index (χ3v) is 2.54. The van der Waals surface area contributed by atoms with E-state index >= 15 is 0 Å². The van der Waals surface area contributed by atoms with E-state index in [9.17, 15) is 0 Å². The Morgan fingerprint density at radius 3 is 2.47 bits per heavy atom. The van der Waals surface area contributed by atoms with Crippen molar-refractivity contribution < 1.29 is 0 Å². The average Bonchev–Trinajstić information content (AvgIpc) is 2.15. The molecule has 2 aromatic rings. The van der Waals surface area contributed by atoms with Gasteiger partial charge in [0.1, 0.15) is 5.82 Å². The fourth-order valence-electron chi connectivity index (χ4n) is 1.82. The number of nitrogen functional groups attached to an aromatic ring is 1. The Morgan fingerprint density at radius 2 is 1.80 bits per heavy atom. The summed E-state index contributed by atoms with van der Waals surface area (Å²) in [5.41, 5.74) is 8.13. The van der Waals surface area contributed by atoms with Gasteiger partial charge in [0, 0.05) is 5.39 Å². The first-order valence-electron chi connectivity index (χ1n) is 5.14. The Bertz CT molecular complexity index is 495. The molecule has 0 spiro atoms. The molecule has 0 unspecified atom stereocenters. The van der Waals surface area contributed by atoms with Crippen molar-refractivity contribution in [3.63, 3.8) is 0 Å². The summed E-state index contributed by atoms with van der Waals surface area (Å²) in [6.45, 7) is 6.57. The van der Waals surface area contributed by atoms with E-state index in [1.54, 1.807) is 0 Å². The third kappa shape index (κ3) is 1.80. The molecular formula is C13H16N2. The molecule has 15 heavy (non-hydrogen) atoms. The number of pyridine rings is 1. The topological polar surface area (TPSA) is 38.9 Å². The number of nitrogens with zero attached hydrogens (tertiary/aromatic N) is 1. The van der Waals surface area contributed by atoms with Crippen LogP contribution in [0, 0.1) is 0 Å². The van der Waals surface area contributed by atoms with Crippen molar-refractivity contribution in [1.82, 2.24) is 4.98 Å². The Kier molecular flexibility index (Phi) is 2.14. The maximum absolute atomic E-state index is 5.81. The van der Waals surface area contributed by atoms with E-state index in [0.717, 1.165) is 5.52 Å².